The van der Waals surface area contributed by atoms with Gasteiger partial charge in [-0.15, -0.1) is 0 Å². The highest BCUT2D eigenvalue weighted by molar-refractivity contribution is 6.34. The molecule has 156 valence electrons. The van der Waals surface area contributed by atoms with Gasteiger partial charge in [-0.3, -0.25) is 14.4 Å². The molecule has 0 aromatic heterocycles. The van der Waals surface area contributed by atoms with Crippen molar-refractivity contribution in [3.05, 3.63) is 88.5 Å². The van der Waals surface area contributed by atoms with Gasteiger partial charge in [-0.2, -0.15) is 0 Å². The van der Waals surface area contributed by atoms with Gasteiger partial charge in [0.15, 0.2) is 0 Å². The van der Waals surface area contributed by atoms with E-state index in [9.17, 15) is 14.4 Å². The Morgan fingerprint density at radius 2 is 1.65 bits per heavy atom. The van der Waals surface area contributed by atoms with Crippen molar-refractivity contribution in [2.24, 2.45) is 0 Å². The minimum Gasteiger partial charge on any atom is -0.494 e. The molecule has 0 radical (unpaired) electrons. The Morgan fingerprint density at radius 1 is 0.935 bits per heavy atom. The van der Waals surface area contributed by atoms with Gasteiger partial charge in [-0.05, 0) is 80.4 Å². The summed E-state index contributed by atoms with van der Waals surface area (Å²) < 4.78 is 5.41. The molecule has 6 nitrogen and oxygen atoms in total. The number of fused-ring (bicyclic) bond motifs is 1. The number of aryl methyl sites for hydroxylation is 1. The fourth-order valence-corrected chi connectivity index (χ4v) is 3.56. The highest BCUT2D eigenvalue weighted by Crippen LogP contribution is 2.30. The molecule has 0 aliphatic carbocycles. The Labute approximate surface area is 180 Å². The van der Waals surface area contributed by atoms with Gasteiger partial charge >= 0.3 is 0 Å². The van der Waals surface area contributed by atoms with Crippen LogP contribution in [0.4, 0.5) is 11.4 Å². The maximum Gasteiger partial charge on any atom is 0.266 e. The van der Waals surface area contributed by atoms with E-state index in [4.69, 9.17) is 4.74 Å². The zero-order valence-corrected chi connectivity index (χ0v) is 17.6. The zero-order valence-electron chi connectivity index (χ0n) is 17.6. The van der Waals surface area contributed by atoms with Gasteiger partial charge in [-0.1, -0.05) is 12.1 Å². The van der Waals surface area contributed by atoms with Gasteiger partial charge in [0.05, 0.1) is 23.4 Å². The van der Waals surface area contributed by atoms with Crippen molar-refractivity contribution in [2.75, 3.05) is 16.8 Å². The van der Waals surface area contributed by atoms with Gasteiger partial charge in [0.2, 0.25) is 0 Å². The summed E-state index contributed by atoms with van der Waals surface area (Å²) in [4.78, 5) is 39.7. The standard InChI is InChI=1S/C25H22N2O4/c1-4-31-19-11-9-18(10-12-19)27-24(29)20-13-8-17(14-21(20)25(27)30)23(28)26-22-7-5-6-15(2)16(22)3/h5-14H,4H2,1-3H3,(H,26,28). The lowest BCUT2D eigenvalue weighted by Crippen LogP contribution is -2.29. The Morgan fingerprint density at radius 3 is 2.35 bits per heavy atom. The highest BCUT2D eigenvalue weighted by Gasteiger charge is 2.37. The molecule has 1 aliphatic rings. The first-order chi connectivity index (χ1) is 14.9. The number of ether oxygens (including phenoxy) is 1. The maximum atomic E-state index is 13.0. The smallest absolute Gasteiger partial charge is 0.266 e. The largest absolute Gasteiger partial charge is 0.494 e. The van der Waals surface area contributed by atoms with Crippen LogP contribution >= 0.6 is 0 Å². The molecule has 3 amide bonds. The van der Waals surface area contributed by atoms with E-state index in [-0.39, 0.29) is 17.0 Å². The van der Waals surface area contributed by atoms with Gasteiger partial charge in [-0.25, -0.2) is 4.90 Å². The summed E-state index contributed by atoms with van der Waals surface area (Å²) in [6.45, 7) is 6.32. The summed E-state index contributed by atoms with van der Waals surface area (Å²) in [5, 5.41) is 2.88. The molecule has 3 aromatic rings. The maximum absolute atomic E-state index is 13.0. The second kappa shape index (κ2) is 8.07. The van der Waals surface area contributed by atoms with Crippen LogP contribution in [0, 0.1) is 13.8 Å². The molecular weight excluding hydrogens is 392 g/mol. The Bertz CT molecular complexity index is 1200. The SMILES string of the molecule is CCOc1ccc(N2C(=O)c3ccc(C(=O)Nc4cccc(C)c4C)cc3C2=O)cc1. The minimum atomic E-state index is -0.453. The molecular formula is C25H22N2O4. The van der Waals surface area contributed by atoms with E-state index in [2.05, 4.69) is 5.32 Å². The number of carbonyl (C=O) groups is 3. The lowest BCUT2D eigenvalue weighted by molar-refractivity contribution is 0.0925. The number of hydrogen-bond acceptors (Lipinski definition) is 4. The van der Waals surface area contributed by atoms with Gasteiger partial charge in [0.25, 0.3) is 17.7 Å². The van der Waals surface area contributed by atoms with Crippen molar-refractivity contribution in [1.82, 2.24) is 0 Å². The minimum absolute atomic E-state index is 0.215. The number of rotatable bonds is 5. The second-order valence-corrected chi connectivity index (χ2v) is 7.33. The summed E-state index contributed by atoms with van der Waals surface area (Å²) in [5.74, 6) is -0.541. The number of nitrogens with zero attached hydrogens (tertiary/aromatic N) is 1. The average Bonchev–Trinajstić information content (AvgIpc) is 3.02. The van der Waals surface area contributed by atoms with Crippen LogP contribution in [0.5, 0.6) is 5.75 Å². The van der Waals surface area contributed by atoms with E-state index in [0.29, 0.717) is 29.3 Å². The molecule has 0 atom stereocenters. The number of carbonyl (C=O) groups excluding carboxylic acids is 3. The molecule has 3 aromatic carbocycles. The normalized spacial score (nSPS) is 12.7. The summed E-state index contributed by atoms with van der Waals surface area (Å²) in [5.41, 5.74) is 4.02. The van der Waals surface area contributed by atoms with Crippen LogP contribution in [0.2, 0.25) is 0 Å². The summed E-state index contributed by atoms with van der Waals surface area (Å²) in [7, 11) is 0. The number of benzene rings is 3. The van der Waals surface area contributed by atoms with Crippen molar-refractivity contribution in [3.63, 3.8) is 0 Å². The quantitative estimate of drug-likeness (QED) is 0.611. The third-order valence-corrected chi connectivity index (χ3v) is 5.41. The molecule has 0 fully saturated rings. The zero-order chi connectivity index (χ0) is 22.1. The fourth-order valence-electron chi connectivity index (χ4n) is 3.56. The van der Waals surface area contributed by atoms with Crippen molar-refractivity contribution in [2.45, 2.75) is 20.8 Å². The average molecular weight is 414 g/mol. The first-order valence-corrected chi connectivity index (χ1v) is 10.0. The molecule has 0 bridgehead atoms. The molecule has 31 heavy (non-hydrogen) atoms. The van der Waals surface area contributed by atoms with Crippen LogP contribution in [-0.4, -0.2) is 24.3 Å². The van der Waals surface area contributed by atoms with Crippen molar-refractivity contribution < 1.29 is 19.1 Å². The summed E-state index contributed by atoms with van der Waals surface area (Å²) in [6.07, 6.45) is 0. The van der Waals surface area contributed by atoms with Crippen LogP contribution < -0.4 is 15.0 Å². The molecule has 1 N–H and O–H groups in total. The molecule has 0 spiro atoms. The molecule has 6 heteroatoms. The predicted molar refractivity (Wildman–Crippen MR) is 119 cm³/mol. The lowest BCUT2D eigenvalue weighted by atomic mass is 10.0. The molecule has 1 aliphatic heterocycles. The Balaban J connectivity index is 1.60. The number of imide groups is 1. The molecule has 0 saturated heterocycles. The Kier molecular flexibility index (Phi) is 5.29. The van der Waals surface area contributed by atoms with Gasteiger partial charge in [0, 0.05) is 11.3 Å². The van der Waals surface area contributed by atoms with Crippen molar-refractivity contribution in [1.29, 1.82) is 0 Å². The van der Waals surface area contributed by atoms with E-state index in [1.807, 2.05) is 39.0 Å². The third-order valence-electron chi connectivity index (χ3n) is 5.41. The first-order valence-electron chi connectivity index (χ1n) is 10.0. The van der Waals surface area contributed by atoms with E-state index in [1.165, 1.54) is 12.1 Å². The van der Waals surface area contributed by atoms with Crippen LogP contribution in [0.3, 0.4) is 0 Å². The summed E-state index contributed by atoms with van der Waals surface area (Å²) >= 11 is 0. The third kappa shape index (κ3) is 3.68. The van der Waals surface area contributed by atoms with Crippen LogP contribution in [0.25, 0.3) is 0 Å². The summed E-state index contributed by atoms with van der Waals surface area (Å²) in [6, 6.07) is 17.0. The lowest BCUT2D eigenvalue weighted by Gasteiger charge is -2.14. The monoisotopic (exact) mass is 414 g/mol. The van der Waals surface area contributed by atoms with Gasteiger partial charge in [0.1, 0.15) is 5.75 Å². The topological polar surface area (TPSA) is 75.7 Å². The first kappa shape index (κ1) is 20.3. The molecule has 4 rings (SSSR count). The van der Waals surface area contributed by atoms with Crippen molar-refractivity contribution in [3.8, 4) is 5.75 Å². The number of anilines is 2. The van der Waals surface area contributed by atoms with Crippen LogP contribution in [0.15, 0.2) is 60.7 Å². The predicted octanol–water partition coefficient (Wildman–Crippen LogP) is 4.76. The van der Waals surface area contributed by atoms with E-state index in [1.54, 1.807) is 30.3 Å². The van der Waals surface area contributed by atoms with E-state index < -0.39 is 11.8 Å². The van der Waals surface area contributed by atoms with Gasteiger partial charge < -0.3 is 10.1 Å². The van der Waals surface area contributed by atoms with E-state index in [0.717, 1.165) is 16.0 Å². The fraction of sp³-hybridized carbons (Fsp3) is 0.160. The number of hydrogen-bond donors (Lipinski definition) is 1. The van der Waals surface area contributed by atoms with Crippen LogP contribution in [0.1, 0.15) is 49.1 Å². The van der Waals surface area contributed by atoms with Crippen molar-refractivity contribution >= 4 is 29.1 Å². The highest BCUT2D eigenvalue weighted by atomic mass is 16.5. The Hall–Kier alpha value is -3.93. The number of amides is 3. The second-order valence-electron chi connectivity index (χ2n) is 7.33. The molecule has 0 unspecified atom stereocenters. The van der Waals surface area contributed by atoms with E-state index >= 15 is 0 Å². The molecule has 1 heterocycles. The van der Waals surface area contributed by atoms with Crippen LogP contribution in [-0.2, 0) is 0 Å². The number of nitrogens with one attached hydrogen (secondary N) is 1. The molecule has 0 saturated carbocycles.